The lowest BCUT2D eigenvalue weighted by Crippen LogP contribution is -2.20. The van der Waals surface area contributed by atoms with Gasteiger partial charge in [-0.2, -0.15) is 0 Å². The Balaban J connectivity index is 0.00000304. The predicted molar refractivity (Wildman–Crippen MR) is 153 cm³/mol. The van der Waals surface area contributed by atoms with Gasteiger partial charge in [0.25, 0.3) is 5.56 Å². The average molecular weight is 505 g/mol. The summed E-state index contributed by atoms with van der Waals surface area (Å²) in [6.07, 6.45) is 10.2. The average Bonchev–Trinajstić information content (AvgIpc) is 3.25. The Labute approximate surface area is 219 Å². The van der Waals surface area contributed by atoms with Crippen LogP contribution < -0.4 is 16.6 Å². The minimum atomic E-state index is 0. The third-order valence-corrected chi connectivity index (χ3v) is 7.30. The molecular formula is C30H37ClN4O. The lowest BCUT2D eigenvalue weighted by atomic mass is 10.00. The molecule has 5 nitrogen and oxygen atoms in total. The number of benzene rings is 2. The number of unbranched alkanes of at least 4 members (excludes halogenated alkanes) is 7. The van der Waals surface area contributed by atoms with Gasteiger partial charge < -0.3 is 15.6 Å². The van der Waals surface area contributed by atoms with Crippen LogP contribution in [0.15, 0.2) is 59.4 Å². The van der Waals surface area contributed by atoms with Crippen molar-refractivity contribution in [3.63, 3.8) is 0 Å². The molecule has 0 radical (unpaired) electrons. The van der Waals surface area contributed by atoms with Crippen LogP contribution in [0.3, 0.4) is 0 Å². The number of pyridine rings is 2. The molecule has 1 aliphatic heterocycles. The van der Waals surface area contributed by atoms with Crippen molar-refractivity contribution in [1.29, 1.82) is 0 Å². The molecule has 2 aromatic carbocycles. The number of nitrogens with one attached hydrogen (secondary N) is 1. The SMILES string of the molecule is Cl.NCCCCCCCCCCNCc1c2c(nc3ccccc13)-c1cc3ccccc3c(=O)n1C2. The third-order valence-electron chi connectivity index (χ3n) is 7.30. The molecule has 0 saturated carbocycles. The van der Waals surface area contributed by atoms with Crippen LogP contribution in [0, 0.1) is 0 Å². The largest absolute Gasteiger partial charge is 0.330 e. The lowest BCUT2D eigenvalue weighted by Gasteiger charge is -2.13. The molecule has 2 aromatic heterocycles. The highest BCUT2D eigenvalue weighted by Gasteiger charge is 2.26. The number of para-hydroxylation sites is 1. The molecule has 3 heterocycles. The van der Waals surface area contributed by atoms with Crippen LogP contribution in [0.2, 0.25) is 0 Å². The number of fused-ring (bicyclic) bond motifs is 5. The van der Waals surface area contributed by atoms with E-state index >= 15 is 0 Å². The van der Waals surface area contributed by atoms with Gasteiger partial charge in [-0.05, 0) is 55.1 Å². The Hall–Kier alpha value is -2.73. The van der Waals surface area contributed by atoms with Gasteiger partial charge in [0.1, 0.15) is 0 Å². The number of nitrogens with two attached hydrogens (primary N) is 1. The van der Waals surface area contributed by atoms with Crippen molar-refractivity contribution in [3.05, 3.63) is 76.1 Å². The molecule has 0 saturated heterocycles. The van der Waals surface area contributed by atoms with Crippen LogP contribution in [-0.2, 0) is 13.1 Å². The number of rotatable bonds is 12. The topological polar surface area (TPSA) is 72.9 Å². The molecule has 1 aliphatic rings. The zero-order valence-corrected chi connectivity index (χ0v) is 21.8. The Morgan fingerprint density at radius 1 is 0.861 bits per heavy atom. The molecule has 0 spiro atoms. The van der Waals surface area contributed by atoms with Crippen molar-refractivity contribution in [3.8, 4) is 11.4 Å². The second-order valence-corrected chi connectivity index (χ2v) is 9.74. The molecule has 0 bridgehead atoms. The van der Waals surface area contributed by atoms with Crippen LogP contribution in [0.4, 0.5) is 0 Å². The second kappa shape index (κ2) is 12.5. The van der Waals surface area contributed by atoms with Crippen molar-refractivity contribution in [2.24, 2.45) is 5.73 Å². The Morgan fingerprint density at radius 3 is 2.31 bits per heavy atom. The van der Waals surface area contributed by atoms with Gasteiger partial charge in [-0.3, -0.25) is 4.79 Å². The van der Waals surface area contributed by atoms with Crippen LogP contribution in [0.1, 0.15) is 62.5 Å². The highest BCUT2D eigenvalue weighted by Crippen LogP contribution is 2.36. The van der Waals surface area contributed by atoms with E-state index in [1.54, 1.807) is 0 Å². The molecule has 0 unspecified atom stereocenters. The maximum Gasteiger partial charge on any atom is 0.259 e. The molecule has 4 aromatic rings. The van der Waals surface area contributed by atoms with E-state index in [1.807, 2.05) is 34.9 Å². The monoisotopic (exact) mass is 504 g/mol. The molecule has 0 amide bonds. The van der Waals surface area contributed by atoms with Gasteiger partial charge in [0, 0.05) is 22.9 Å². The Kier molecular flexibility index (Phi) is 9.13. The van der Waals surface area contributed by atoms with Crippen LogP contribution >= 0.6 is 12.4 Å². The van der Waals surface area contributed by atoms with Crippen molar-refractivity contribution in [2.75, 3.05) is 13.1 Å². The molecule has 0 aliphatic carbocycles. The first-order valence-corrected chi connectivity index (χ1v) is 13.2. The van der Waals surface area contributed by atoms with E-state index in [0.29, 0.717) is 6.54 Å². The van der Waals surface area contributed by atoms with E-state index in [1.165, 1.54) is 61.5 Å². The summed E-state index contributed by atoms with van der Waals surface area (Å²) in [5.41, 5.74) is 11.0. The molecule has 0 fully saturated rings. The van der Waals surface area contributed by atoms with Gasteiger partial charge in [-0.15, -0.1) is 12.4 Å². The summed E-state index contributed by atoms with van der Waals surface area (Å²) in [4.78, 5) is 18.3. The van der Waals surface area contributed by atoms with Crippen molar-refractivity contribution in [1.82, 2.24) is 14.9 Å². The lowest BCUT2D eigenvalue weighted by molar-refractivity contribution is 0.551. The maximum absolute atomic E-state index is 13.3. The summed E-state index contributed by atoms with van der Waals surface area (Å²) < 4.78 is 1.90. The molecule has 36 heavy (non-hydrogen) atoms. The first-order chi connectivity index (χ1) is 17.3. The van der Waals surface area contributed by atoms with Crippen molar-refractivity contribution < 1.29 is 0 Å². The summed E-state index contributed by atoms with van der Waals surface area (Å²) >= 11 is 0. The first-order valence-electron chi connectivity index (χ1n) is 13.2. The van der Waals surface area contributed by atoms with E-state index in [4.69, 9.17) is 10.7 Å². The number of nitrogens with zero attached hydrogens (tertiary/aromatic N) is 2. The molecule has 6 heteroatoms. The van der Waals surface area contributed by atoms with Gasteiger partial charge >= 0.3 is 0 Å². The van der Waals surface area contributed by atoms with Crippen LogP contribution in [0.25, 0.3) is 33.1 Å². The van der Waals surface area contributed by atoms with Gasteiger partial charge in [-0.1, -0.05) is 74.9 Å². The first kappa shape index (κ1) is 26.3. The quantitative estimate of drug-likeness (QED) is 0.199. The van der Waals surface area contributed by atoms with Gasteiger partial charge in [0.15, 0.2) is 0 Å². The van der Waals surface area contributed by atoms with Crippen LogP contribution in [0.5, 0.6) is 0 Å². The predicted octanol–water partition coefficient (Wildman–Crippen LogP) is 6.17. The molecular weight excluding hydrogens is 468 g/mol. The maximum atomic E-state index is 13.3. The van der Waals surface area contributed by atoms with E-state index in [2.05, 4.69) is 29.6 Å². The minimum absolute atomic E-state index is 0. The fraction of sp³-hybridized carbons (Fsp3) is 0.400. The summed E-state index contributed by atoms with van der Waals surface area (Å²) in [6, 6.07) is 18.3. The zero-order valence-electron chi connectivity index (χ0n) is 21.0. The summed E-state index contributed by atoms with van der Waals surface area (Å²) in [7, 11) is 0. The molecule has 190 valence electrons. The second-order valence-electron chi connectivity index (χ2n) is 9.74. The number of hydrogen-bond donors (Lipinski definition) is 2. The number of halogens is 1. The van der Waals surface area contributed by atoms with Crippen LogP contribution in [-0.4, -0.2) is 22.6 Å². The van der Waals surface area contributed by atoms with Gasteiger partial charge in [0.2, 0.25) is 0 Å². The van der Waals surface area contributed by atoms with Crippen molar-refractivity contribution in [2.45, 2.75) is 64.5 Å². The minimum Gasteiger partial charge on any atom is -0.330 e. The van der Waals surface area contributed by atoms with E-state index < -0.39 is 0 Å². The van der Waals surface area contributed by atoms with Gasteiger partial charge in [-0.25, -0.2) is 4.98 Å². The number of hydrogen-bond acceptors (Lipinski definition) is 4. The number of aromatic nitrogens is 2. The zero-order chi connectivity index (χ0) is 24.0. The molecule has 0 atom stereocenters. The van der Waals surface area contributed by atoms with Crippen molar-refractivity contribution >= 4 is 34.1 Å². The summed E-state index contributed by atoms with van der Waals surface area (Å²) in [5, 5.41) is 6.62. The third kappa shape index (κ3) is 5.49. The molecule has 3 N–H and O–H groups in total. The Bertz CT molecular complexity index is 1380. The summed E-state index contributed by atoms with van der Waals surface area (Å²) in [5.74, 6) is 0. The van der Waals surface area contributed by atoms with Gasteiger partial charge in [0.05, 0.1) is 23.4 Å². The summed E-state index contributed by atoms with van der Waals surface area (Å²) in [6.45, 7) is 3.22. The standard InChI is InChI=1S/C30H36N4O.ClH/c31-17-11-5-3-1-2-4-6-12-18-32-20-25-24-15-9-10-16-27(24)33-29-26(25)21-34-28(29)19-22-13-7-8-14-23(22)30(34)35;/h7-10,13-16,19,32H,1-6,11-12,17-18,20-21,31H2;1H. The highest BCUT2D eigenvalue weighted by atomic mass is 35.5. The molecule has 5 rings (SSSR count). The Morgan fingerprint density at radius 2 is 1.53 bits per heavy atom. The smallest absolute Gasteiger partial charge is 0.259 e. The van der Waals surface area contributed by atoms with E-state index in [9.17, 15) is 4.79 Å². The fourth-order valence-corrected chi connectivity index (χ4v) is 5.38. The highest BCUT2D eigenvalue weighted by molar-refractivity contribution is 5.91. The normalized spacial score (nSPS) is 12.0. The van der Waals surface area contributed by atoms with E-state index in [-0.39, 0.29) is 18.0 Å². The van der Waals surface area contributed by atoms with E-state index in [0.717, 1.165) is 53.7 Å². The fourth-order valence-electron chi connectivity index (χ4n) is 5.38.